The average molecular weight is 413 g/mol. The summed E-state index contributed by atoms with van der Waals surface area (Å²) in [6.45, 7) is 7.92. The summed E-state index contributed by atoms with van der Waals surface area (Å²) in [5, 5.41) is 0. The van der Waals surface area contributed by atoms with Crippen molar-refractivity contribution in [2.45, 2.75) is 38.7 Å². The molecular weight excluding hydrogens is 378 g/mol. The average Bonchev–Trinajstić information content (AvgIpc) is 2.60. The first-order valence-electron chi connectivity index (χ1n) is 8.75. The SMILES string of the molecule is CO[NH2+]c1ccc(OCc2ccc(COS(C)(C)C(C)(C)C)cc2)cc1.S. The molecular formula is C21H34NO3S2+. The lowest BCUT2D eigenvalue weighted by atomic mass is 10.1. The van der Waals surface area contributed by atoms with Crippen molar-refractivity contribution < 1.29 is 19.2 Å². The first-order valence-corrected chi connectivity index (χ1v) is 11.1. The lowest BCUT2D eigenvalue weighted by molar-refractivity contribution is -0.830. The molecule has 0 spiro atoms. The van der Waals surface area contributed by atoms with E-state index in [0.29, 0.717) is 13.2 Å². The smallest absolute Gasteiger partial charge is 0.162 e. The van der Waals surface area contributed by atoms with Crippen molar-refractivity contribution in [3.05, 3.63) is 59.7 Å². The van der Waals surface area contributed by atoms with E-state index in [1.165, 1.54) is 5.56 Å². The molecule has 0 aliphatic heterocycles. The van der Waals surface area contributed by atoms with Crippen LogP contribution in [-0.4, -0.2) is 24.4 Å². The highest BCUT2D eigenvalue weighted by Crippen LogP contribution is 2.54. The monoisotopic (exact) mass is 412 g/mol. The summed E-state index contributed by atoms with van der Waals surface area (Å²) < 4.78 is 12.2. The van der Waals surface area contributed by atoms with E-state index >= 15 is 0 Å². The Hall–Kier alpha value is -1.18. The number of quaternary nitrogens is 1. The number of ether oxygens (including phenoxy) is 1. The van der Waals surface area contributed by atoms with Crippen molar-refractivity contribution >= 4 is 29.5 Å². The van der Waals surface area contributed by atoms with Gasteiger partial charge in [-0.3, -0.25) is 0 Å². The Morgan fingerprint density at radius 3 is 1.85 bits per heavy atom. The molecule has 0 unspecified atom stereocenters. The Bertz CT molecular complexity index is 680. The summed E-state index contributed by atoms with van der Waals surface area (Å²) in [4.78, 5) is 4.99. The maximum Gasteiger partial charge on any atom is 0.162 e. The van der Waals surface area contributed by atoms with E-state index in [1.807, 2.05) is 24.3 Å². The van der Waals surface area contributed by atoms with Gasteiger partial charge in [0.2, 0.25) is 0 Å². The van der Waals surface area contributed by atoms with Gasteiger partial charge in [0, 0.05) is 16.9 Å². The van der Waals surface area contributed by atoms with Crippen molar-refractivity contribution in [2.24, 2.45) is 0 Å². The van der Waals surface area contributed by atoms with Gasteiger partial charge in [0.25, 0.3) is 0 Å². The molecule has 0 atom stereocenters. The fourth-order valence-electron chi connectivity index (χ4n) is 2.07. The third kappa shape index (κ3) is 7.39. The van der Waals surface area contributed by atoms with Crippen LogP contribution in [0.15, 0.2) is 48.5 Å². The Morgan fingerprint density at radius 1 is 0.852 bits per heavy atom. The van der Waals surface area contributed by atoms with Gasteiger partial charge in [-0.05, 0) is 35.8 Å². The van der Waals surface area contributed by atoms with E-state index in [-0.39, 0.29) is 18.2 Å². The Morgan fingerprint density at radius 2 is 1.37 bits per heavy atom. The maximum atomic E-state index is 6.22. The van der Waals surface area contributed by atoms with E-state index in [1.54, 1.807) is 12.6 Å². The molecule has 0 heterocycles. The summed E-state index contributed by atoms with van der Waals surface area (Å²) in [5.74, 6) is 0.848. The van der Waals surface area contributed by atoms with Crippen molar-refractivity contribution in [1.29, 1.82) is 0 Å². The number of hydrogen-bond acceptors (Lipinski definition) is 3. The highest BCUT2D eigenvalue weighted by molar-refractivity contribution is 8.29. The summed E-state index contributed by atoms with van der Waals surface area (Å²) in [6.07, 6.45) is 4.45. The first-order chi connectivity index (χ1) is 12.2. The fraction of sp³-hybridized carbons (Fsp3) is 0.429. The molecule has 0 aliphatic carbocycles. The van der Waals surface area contributed by atoms with E-state index in [0.717, 1.165) is 17.0 Å². The molecule has 0 bridgehead atoms. The molecule has 4 nitrogen and oxygen atoms in total. The van der Waals surface area contributed by atoms with E-state index < -0.39 is 10.3 Å². The van der Waals surface area contributed by atoms with Gasteiger partial charge in [-0.25, -0.2) is 4.84 Å². The predicted octanol–water partition coefficient (Wildman–Crippen LogP) is 4.43. The molecule has 2 rings (SSSR count). The van der Waals surface area contributed by atoms with Crippen molar-refractivity contribution in [2.75, 3.05) is 19.6 Å². The largest absolute Gasteiger partial charge is 0.489 e. The van der Waals surface area contributed by atoms with Crippen LogP contribution in [0, 0.1) is 0 Å². The Labute approximate surface area is 172 Å². The van der Waals surface area contributed by atoms with Gasteiger partial charge >= 0.3 is 0 Å². The summed E-state index contributed by atoms with van der Waals surface area (Å²) in [5.41, 5.74) is 5.05. The van der Waals surface area contributed by atoms with Gasteiger partial charge in [0.05, 0.1) is 13.7 Å². The highest BCUT2D eigenvalue weighted by atomic mass is 32.3. The number of nitrogens with two attached hydrogens (primary N) is 1. The lowest BCUT2D eigenvalue weighted by Crippen LogP contribution is -2.75. The molecule has 152 valence electrons. The second-order valence-corrected chi connectivity index (χ2v) is 11.6. The normalized spacial score (nSPS) is 12.4. The minimum Gasteiger partial charge on any atom is -0.489 e. The molecule has 0 amide bonds. The molecule has 0 fully saturated rings. The van der Waals surface area contributed by atoms with E-state index in [2.05, 4.69) is 57.5 Å². The van der Waals surface area contributed by atoms with Gasteiger partial charge in [0.1, 0.15) is 12.4 Å². The molecule has 0 aromatic heterocycles. The van der Waals surface area contributed by atoms with Crippen LogP contribution in [0.3, 0.4) is 0 Å². The summed E-state index contributed by atoms with van der Waals surface area (Å²) in [7, 11) is 0.547. The van der Waals surface area contributed by atoms with Crippen molar-refractivity contribution in [1.82, 2.24) is 0 Å². The summed E-state index contributed by atoms with van der Waals surface area (Å²) in [6, 6.07) is 16.3. The van der Waals surface area contributed by atoms with E-state index in [4.69, 9.17) is 13.8 Å². The standard InChI is InChI=1S/C21H31NO3S.H2S/c1-21(2,3)26(5,6)25-16-18-9-7-17(8-10-18)15-24-20-13-11-19(12-14-20)22-23-4;/h7-14,22H,15-16H2,1-6H3;1H2/p+1. The van der Waals surface area contributed by atoms with Crippen LogP contribution in [0.25, 0.3) is 0 Å². The van der Waals surface area contributed by atoms with Crippen molar-refractivity contribution in [3.63, 3.8) is 0 Å². The van der Waals surface area contributed by atoms with Gasteiger partial charge in [-0.1, -0.05) is 45.0 Å². The van der Waals surface area contributed by atoms with Crippen LogP contribution in [0.1, 0.15) is 31.9 Å². The third-order valence-corrected chi connectivity index (χ3v) is 8.21. The van der Waals surface area contributed by atoms with Gasteiger partial charge < -0.3 is 8.92 Å². The van der Waals surface area contributed by atoms with E-state index in [9.17, 15) is 0 Å². The van der Waals surface area contributed by atoms with Crippen LogP contribution >= 0.6 is 23.8 Å². The molecule has 2 aromatic carbocycles. The Balaban J connectivity index is 0.00000364. The van der Waals surface area contributed by atoms with Crippen LogP contribution < -0.4 is 10.2 Å². The van der Waals surface area contributed by atoms with Crippen LogP contribution in [0.2, 0.25) is 0 Å². The predicted molar refractivity (Wildman–Crippen MR) is 120 cm³/mol. The summed E-state index contributed by atoms with van der Waals surface area (Å²) >= 11 is 0. The third-order valence-electron chi connectivity index (χ3n) is 4.56. The van der Waals surface area contributed by atoms with Crippen molar-refractivity contribution in [3.8, 4) is 5.75 Å². The van der Waals surface area contributed by atoms with Crippen LogP contribution in [0.4, 0.5) is 5.69 Å². The number of benzene rings is 2. The maximum absolute atomic E-state index is 6.22. The highest BCUT2D eigenvalue weighted by Gasteiger charge is 2.28. The van der Waals surface area contributed by atoms with Gasteiger partial charge in [-0.2, -0.15) is 19.0 Å². The van der Waals surface area contributed by atoms with Crippen LogP contribution in [0.5, 0.6) is 5.75 Å². The molecule has 0 aliphatic rings. The topological polar surface area (TPSA) is 44.3 Å². The molecule has 27 heavy (non-hydrogen) atoms. The zero-order valence-electron chi connectivity index (χ0n) is 17.2. The minimum absolute atomic E-state index is 0. The van der Waals surface area contributed by atoms with Gasteiger partial charge in [-0.15, -0.1) is 10.3 Å². The molecule has 6 heteroatoms. The number of rotatable bonds is 8. The second-order valence-electron chi connectivity index (χ2n) is 7.64. The zero-order chi connectivity index (χ0) is 19.2. The lowest BCUT2D eigenvalue weighted by Gasteiger charge is -2.43. The molecule has 0 saturated heterocycles. The molecule has 2 N–H and O–H groups in total. The molecule has 0 radical (unpaired) electrons. The number of hydrogen-bond donors (Lipinski definition) is 1. The molecule has 2 aromatic rings. The zero-order valence-corrected chi connectivity index (χ0v) is 19.1. The van der Waals surface area contributed by atoms with Crippen LogP contribution in [-0.2, 0) is 22.2 Å². The quantitative estimate of drug-likeness (QED) is 0.515. The second kappa shape index (κ2) is 10.4. The molecule has 0 saturated carbocycles. The minimum atomic E-state index is -1.10. The Kier molecular flexibility index (Phi) is 9.18. The van der Waals surface area contributed by atoms with Gasteiger partial charge in [0.15, 0.2) is 5.69 Å². The fourth-order valence-corrected chi connectivity index (χ4v) is 2.85. The first kappa shape index (κ1) is 23.9.